The molecule has 1 aliphatic carbocycles. The van der Waals surface area contributed by atoms with Crippen LogP contribution in [-0.4, -0.2) is 19.7 Å². The number of non-ortho nitro benzene ring substituents is 1. The number of thioether (sulfide) groups is 1. The van der Waals surface area contributed by atoms with E-state index in [1.54, 1.807) is 42.2 Å². The third-order valence-corrected chi connectivity index (χ3v) is 6.04. The van der Waals surface area contributed by atoms with Crippen LogP contribution < -0.4 is 0 Å². The highest BCUT2D eigenvalue weighted by Crippen LogP contribution is 2.37. The summed E-state index contributed by atoms with van der Waals surface area (Å²) in [5.74, 6) is -0.305. The average Bonchev–Trinajstić information content (AvgIpc) is 3.33. The first-order valence-corrected chi connectivity index (χ1v) is 9.75. The zero-order chi connectivity index (χ0) is 18.8. The van der Waals surface area contributed by atoms with E-state index >= 15 is 0 Å². The van der Waals surface area contributed by atoms with Crippen LogP contribution in [0.1, 0.15) is 25.7 Å². The molecule has 0 amide bonds. The summed E-state index contributed by atoms with van der Waals surface area (Å²) >= 11 is 1.73. The van der Waals surface area contributed by atoms with Gasteiger partial charge in [-0.2, -0.15) is 0 Å². The Bertz CT molecular complexity index is 966. The number of aromatic nitrogens is 2. The molecule has 0 saturated heterocycles. The largest absolute Gasteiger partial charge is 0.287 e. The number of nitro groups is 1. The van der Waals surface area contributed by atoms with Gasteiger partial charge in [0.25, 0.3) is 5.69 Å². The van der Waals surface area contributed by atoms with Crippen molar-refractivity contribution < 1.29 is 9.31 Å². The summed E-state index contributed by atoms with van der Waals surface area (Å²) in [5.41, 5.74) is 2.28. The van der Waals surface area contributed by atoms with Crippen molar-refractivity contribution in [1.82, 2.24) is 9.55 Å². The number of hydrogen-bond acceptors (Lipinski definition) is 4. The molecule has 1 heterocycles. The molecule has 0 unspecified atom stereocenters. The summed E-state index contributed by atoms with van der Waals surface area (Å²) in [4.78, 5) is 15.3. The lowest BCUT2D eigenvalue weighted by Gasteiger charge is -2.14. The summed E-state index contributed by atoms with van der Waals surface area (Å²) in [7, 11) is 0. The van der Waals surface area contributed by atoms with E-state index in [1.165, 1.54) is 31.0 Å². The van der Waals surface area contributed by atoms with Crippen molar-refractivity contribution in [1.29, 1.82) is 0 Å². The summed E-state index contributed by atoms with van der Waals surface area (Å²) < 4.78 is 15.4. The number of rotatable bonds is 5. The molecule has 138 valence electrons. The molecule has 7 heteroatoms. The molecule has 0 radical (unpaired) electrons. The Morgan fingerprint density at radius 2 is 1.89 bits per heavy atom. The van der Waals surface area contributed by atoms with Gasteiger partial charge in [-0.1, -0.05) is 36.7 Å². The van der Waals surface area contributed by atoms with E-state index in [-0.39, 0.29) is 11.5 Å². The van der Waals surface area contributed by atoms with Gasteiger partial charge in [-0.05, 0) is 37.1 Å². The Labute approximate surface area is 160 Å². The van der Waals surface area contributed by atoms with Crippen molar-refractivity contribution in [2.75, 3.05) is 0 Å². The monoisotopic (exact) mass is 383 g/mol. The molecule has 0 spiro atoms. The van der Waals surface area contributed by atoms with Crippen molar-refractivity contribution in [3.8, 4) is 16.9 Å². The summed E-state index contributed by atoms with van der Waals surface area (Å²) in [6.07, 6.45) is 6.51. The lowest BCUT2D eigenvalue weighted by molar-refractivity contribution is -0.384. The van der Waals surface area contributed by atoms with Gasteiger partial charge >= 0.3 is 0 Å². The van der Waals surface area contributed by atoms with E-state index in [0.29, 0.717) is 10.8 Å². The molecule has 0 atom stereocenters. The molecule has 1 aliphatic rings. The van der Waals surface area contributed by atoms with Gasteiger partial charge in [0.2, 0.25) is 0 Å². The summed E-state index contributed by atoms with van der Waals surface area (Å²) in [6.45, 7) is 0. The molecule has 1 aromatic heterocycles. The van der Waals surface area contributed by atoms with Crippen LogP contribution in [-0.2, 0) is 0 Å². The average molecular weight is 383 g/mol. The van der Waals surface area contributed by atoms with Crippen LogP contribution in [0.3, 0.4) is 0 Å². The van der Waals surface area contributed by atoms with Gasteiger partial charge in [0.15, 0.2) is 5.16 Å². The Hall–Kier alpha value is -2.67. The first-order chi connectivity index (χ1) is 13.1. The second kappa shape index (κ2) is 7.52. The van der Waals surface area contributed by atoms with Gasteiger partial charge in [0, 0.05) is 28.6 Å². The fourth-order valence-electron chi connectivity index (χ4n) is 3.40. The fraction of sp³-hybridized carbons (Fsp3) is 0.250. The molecule has 0 aliphatic heterocycles. The maximum atomic E-state index is 13.4. The number of nitro benzene ring substituents is 1. The van der Waals surface area contributed by atoms with E-state index in [4.69, 9.17) is 0 Å². The number of halogens is 1. The Balaban J connectivity index is 1.81. The van der Waals surface area contributed by atoms with Gasteiger partial charge in [0.05, 0.1) is 16.8 Å². The second-order valence-corrected chi connectivity index (χ2v) is 7.84. The zero-order valence-electron chi connectivity index (χ0n) is 14.5. The minimum absolute atomic E-state index is 0.0318. The van der Waals surface area contributed by atoms with Gasteiger partial charge in [-0.25, -0.2) is 9.37 Å². The molecule has 4 rings (SSSR count). The molecule has 2 aromatic carbocycles. The predicted molar refractivity (Wildman–Crippen MR) is 104 cm³/mol. The highest BCUT2D eigenvalue weighted by Gasteiger charge is 2.22. The third kappa shape index (κ3) is 3.73. The standard InChI is InChI=1S/C20H18FN3O2S/c21-15-8-10-16(11-9-15)23-19(14-4-3-5-17(12-14)24(25)26)13-22-20(23)27-18-6-1-2-7-18/h3-5,8-13,18H,1-2,6-7H2. The maximum Gasteiger partial charge on any atom is 0.270 e. The van der Waals surface area contributed by atoms with E-state index < -0.39 is 4.92 Å². The Morgan fingerprint density at radius 1 is 1.15 bits per heavy atom. The van der Waals surface area contributed by atoms with Crippen LogP contribution in [0.15, 0.2) is 59.9 Å². The van der Waals surface area contributed by atoms with Crippen LogP contribution in [0.2, 0.25) is 0 Å². The molecular formula is C20H18FN3O2S. The number of imidazole rings is 1. The summed E-state index contributed by atoms with van der Waals surface area (Å²) in [5, 5.41) is 12.5. The molecule has 0 bridgehead atoms. The SMILES string of the molecule is O=[N+]([O-])c1cccc(-c2cnc(SC3CCCC3)n2-c2ccc(F)cc2)c1. The predicted octanol–water partition coefficient (Wildman–Crippen LogP) is 5.62. The van der Waals surface area contributed by atoms with Crippen molar-refractivity contribution in [2.45, 2.75) is 36.1 Å². The molecule has 27 heavy (non-hydrogen) atoms. The van der Waals surface area contributed by atoms with E-state index in [1.807, 2.05) is 10.6 Å². The molecule has 3 aromatic rings. The van der Waals surface area contributed by atoms with E-state index in [9.17, 15) is 14.5 Å². The smallest absolute Gasteiger partial charge is 0.270 e. The summed E-state index contributed by atoms with van der Waals surface area (Å²) in [6, 6.07) is 12.7. The Morgan fingerprint density at radius 3 is 2.59 bits per heavy atom. The quantitative estimate of drug-likeness (QED) is 0.424. The number of benzene rings is 2. The molecular weight excluding hydrogens is 365 g/mol. The lowest BCUT2D eigenvalue weighted by atomic mass is 10.1. The topological polar surface area (TPSA) is 61.0 Å². The fourth-order valence-corrected chi connectivity index (χ4v) is 4.69. The van der Waals surface area contributed by atoms with Crippen LogP contribution in [0.5, 0.6) is 0 Å². The number of nitrogens with zero attached hydrogens (tertiary/aromatic N) is 3. The minimum atomic E-state index is -0.406. The van der Waals surface area contributed by atoms with Crippen LogP contribution in [0.4, 0.5) is 10.1 Å². The first-order valence-electron chi connectivity index (χ1n) is 8.87. The van der Waals surface area contributed by atoms with Crippen LogP contribution in [0.25, 0.3) is 16.9 Å². The lowest BCUT2D eigenvalue weighted by Crippen LogP contribution is -2.03. The highest BCUT2D eigenvalue weighted by atomic mass is 32.2. The molecule has 1 saturated carbocycles. The van der Waals surface area contributed by atoms with E-state index in [0.717, 1.165) is 29.4 Å². The van der Waals surface area contributed by atoms with E-state index in [2.05, 4.69) is 4.98 Å². The van der Waals surface area contributed by atoms with Gasteiger partial charge in [0.1, 0.15) is 5.82 Å². The van der Waals surface area contributed by atoms with Crippen LogP contribution in [0, 0.1) is 15.9 Å². The highest BCUT2D eigenvalue weighted by molar-refractivity contribution is 7.99. The van der Waals surface area contributed by atoms with Crippen molar-refractivity contribution in [3.63, 3.8) is 0 Å². The van der Waals surface area contributed by atoms with Gasteiger partial charge < -0.3 is 0 Å². The second-order valence-electron chi connectivity index (χ2n) is 6.57. The van der Waals surface area contributed by atoms with Crippen molar-refractivity contribution in [3.05, 3.63) is 70.7 Å². The molecule has 1 fully saturated rings. The van der Waals surface area contributed by atoms with Crippen molar-refractivity contribution >= 4 is 17.4 Å². The van der Waals surface area contributed by atoms with Crippen molar-refractivity contribution in [2.24, 2.45) is 0 Å². The van der Waals surface area contributed by atoms with Crippen LogP contribution >= 0.6 is 11.8 Å². The maximum absolute atomic E-state index is 13.4. The van der Waals surface area contributed by atoms with Gasteiger partial charge in [-0.15, -0.1) is 0 Å². The first kappa shape index (κ1) is 17.7. The zero-order valence-corrected chi connectivity index (χ0v) is 15.4. The third-order valence-electron chi connectivity index (χ3n) is 4.74. The minimum Gasteiger partial charge on any atom is -0.287 e. The normalized spacial score (nSPS) is 14.6. The molecule has 5 nitrogen and oxygen atoms in total. The number of hydrogen-bond donors (Lipinski definition) is 0. The van der Waals surface area contributed by atoms with Gasteiger partial charge in [-0.3, -0.25) is 14.7 Å². The molecule has 0 N–H and O–H groups in total. The Kier molecular flexibility index (Phi) is 4.94.